The van der Waals surface area contributed by atoms with Crippen LogP contribution in [0.4, 0.5) is 11.4 Å². The normalized spacial score (nSPS) is 15.8. The number of carboxylic acid groups (broad SMARTS) is 1. The standard InChI is InChI=1S/C11H10N2O5/c14-9(11(4-5-11)10(15)16)12-7-2-1-3-8(6-7)13(17)18/h1-3,6H,4-5H2,(H,12,14)(H,15,16). The number of rotatable bonds is 4. The van der Waals surface area contributed by atoms with Crippen molar-refractivity contribution in [2.45, 2.75) is 12.8 Å². The Morgan fingerprint density at radius 3 is 2.56 bits per heavy atom. The van der Waals surface area contributed by atoms with Gasteiger partial charge < -0.3 is 10.4 Å². The molecule has 0 aromatic heterocycles. The minimum Gasteiger partial charge on any atom is -0.480 e. The first-order valence-electron chi connectivity index (χ1n) is 5.25. The summed E-state index contributed by atoms with van der Waals surface area (Å²) in [6, 6.07) is 5.38. The number of hydrogen-bond acceptors (Lipinski definition) is 4. The Morgan fingerprint density at radius 1 is 1.39 bits per heavy atom. The van der Waals surface area contributed by atoms with E-state index in [0.717, 1.165) is 0 Å². The van der Waals surface area contributed by atoms with Crippen molar-refractivity contribution in [2.75, 3.05) is 5.32 Å². The molecule has 2 N–H and O–H groups in total. The summed E-state index contributed by atoms with van der Waals surface area (Å²) in [5.74, 6) is -1.79. The summed E-state index contributed by atoms with van der Waals surface area (Å²) < 4.78 is 0. The average Bonchev–Trinajstić information content (AvgIpc) is 3.10. The van der Waals surface area contributed by atoms with Crippen LogP contribution in [0.15, 0.2) is 24.3 Å². The Morgan fingerprint density at radius 2 is 2.06 bits per heavy atom. The van der Waals surface area contributed by atoms with Crippen molar-refractivity contribution in [3.63, 3.8) is 0 Å². The van der Waals surface area contributed by atoms with Crippen LogP contribution in [0.25, 0.3) is 0 Å². The minimum absolute atomic E-state index is 0.159. The van der Waals surface area contributed by atoms with Gasteiger partial charge in [0.1, 0.15) is 5.41 Å². The van der Waals surface area contributed by atoms with Gasteiger partial charge in [-0.2, -0.15) is 0 Å². The van der Waals surface area contributed by atoms with Gasteiger partial charge in [0.2, 0.25) is 5.91 Å². The summed E-state index contributed by atoms with van der Waals surface area (Å²) >= 11 is 0. The number of carboxylic acids is 1. The third kappa shape index (κ3) is 2.02. The van der Waals surface area contributed by atoms with Gasteiger partial charge in [0.05, 0.1) is 4.92 Å². The van der Waals surface area contributed by atoms with E-state index in [1.807, 2.05) is 0 Å². The second-order valence-corrected chi connectivity index (χ2v) is 4.15. The average molecular weight is 250 g/mol. The molecule has 0 bridgehead atoms. The summed E-state index contributed by atoms with van der Waals surface area (Å²) in [7, 11) is 0. The number of nitrogens with one attached hydrogen (secondary N) is 1. The highest BCUT2D eigenvalue weighted by molar-refractivity contribution is 6.10. The van der Waals surface area contributed by atoms with Gasteiger partial charge in [-0.25, -0.2) is 0 Å². The molecule has 0 radical (unpaired) electrons. The van der Waals surface area contributed by atoms with Gasteiger partial charge in [-0.3, -0.25) is 19.7 Å². The number of aliphatic carboxylic acids is 1. The molecule has 0 atom stereocenters. The summed E-state index contributed by atoms with van der Waals surface area (Å²) in [6.45, 7) is 0. The molecule has 7 heteroatoms. The lowest BCUT2D eigenvalue weighted by molar-refractivity contribution is -0.384. The van der Waals surface area contributed by atoms with Gasteiger partial charge in [-0.15, -0.1) is 0 Å². The van der Waals surface area contributed by atoms with Crippen LogP contribution >= 0.6 is 0 Å². The molecule has 1 amide bonds. The monoisotopic (exact) mass is 250 g/mol. The Balaban J connectivity index is 2.15. The maximum Gasteiger partial charge on any atom is 0.319 e. The van der Waals surface area contributed by atoms with Crippen LogP contribution < -0.4 is 5.32 Å². The van der Waals surface area contributed by atoms with Crippen LogP contribution in [0, 0.1) is 15.5 Å². The number of non-ortho nitro benzene ring substituents is 1. The highest BCUT2D eigenvalue weighted by Gasteiger charge is 2.57. The second-order valence-electron chi connectivity index (χ2n) is 4.15. The Labute approximate surface area is 102 Å². The number of anilines is 1. The van der Waals surface area contributed by atoms with E-state index in [2.05, 4.69) is 5.32 Å². The van der Waals surface area contributed by atoms with E-state index in [1.165, 1.54) is 24.3 Å². The molecule has 7 nitrogen and oxygen atoms in total. The SMILES string of the molecule is O=C(O)C1(C(=O)Nc2cccc([N+](=O)[O-])c2)CC1. The van der Waals surface area contributed by atoms with Crippen LogP contribution in [-0.4, -0.2) is 21.9 Å². The number of benzene rings is 1. The third-order valence-electron chi connectivity index (χ3n) is 2.91. The summed E-state index contributed by atoms with van der Waals surface area (Å²) in [4.78, 5) is 32.7. The number of hydrogen-bond donors (Lipinski definition) is 2. The molecule has 1 fully saturated rings. The number of amides is 1. The minimum atomic E-state index is -1.36. The van der Waals surface area contributed by atoms with E-state index >= 15 is 0 Å². The molecular formula is C11H10N2O5. The number of nitro benzene ring substituents is 1. The number of carbonyl (C=O) groups excluding carboxylic acids is 1. The summed E-state index contributed by atoms with van der Waals surface area (Å²) in [5, 5.41) is 21.9. The van der Waals surface area contributed by atoms with Crippen molar-refractivity contribution >= 4 is 23.3 Å². The molecule has 1 saturated carbocycles. The molecule has 18 heavy (non-hydrogen) atoms. The molecule has 1 aliphatic rings. The van der Waals surface area contributed by atoms with E-state index < -0.39 is 22.2 Å². The smallest absolute Gasteiger partial charge is 0.319 e. The van der Waals surface area contributed by atoms with Crippen LogP contribution in [-0.2, 0) is 9.59 Å². The third-order valence-corrected chi connectivity index (χ3v) is 2.91. The van der Waals surface area contributed by atoms with E-state index in [0.29, 0.717) is 12.8 Å². The summed E-state index contributed by atoms with van der Waals surface area (Å²) in [6.07, 6.45) is 0.589. The van der Waals surface area contributed by atoms with E-state index in [4.69, 9.17) is 5.11 Å². The van der Waals surface area contributed by atoms with E-state index in [1.54, 1.807) is 0 Å². The molecule has 0 saturated heterocycles. The van der Waals surface area contributed by atoms with Crippen molar-refractivity contribution < 1.29 is 19.6 Å². The Bertz CT molecular complexity index is 536. The van der Waals surface area contributed by atoms with Crippen LogP contribution in [0.5, 0.6) is 0 Å². The van der Waals surface area contributed by atoms with Crippen LogP contribution in [0.2, 0.25) is 0 Å². The Hall–Kier alpha value is -2.44. The Kier molecular flexibility index (Phi) is 2.74. The van der Waals surface area contributed by atoms with Crippen LogP contribution in [0.3, 0.4) is 0 Å². The molecule has 0 aliphatic heterocycles. The highest BCUT2D eigenvalue weighted by atomic mass is 16.6. The topological polar surface area (TPSA) is 110 Å². The molecule has 0 unspecified atom stereocenters. The predicted molar refractivity (Wildman–Crippen MR) is 61.0 cm³/mol. The lowest BCUT2D eigenvalue weighted by Gasteiger charge is -2.10. The molecule has 2 rings (SSSR count). The van der Waals surface area contributed by atoms with Crippen LogP contribution in [0.1, 0.15) is 12.8 Å². The molecule has 0 spiro atoms. The molecule has 1 aliphatic carbocycles. The zero-order valence-corrected chi connectivity index (χ0v) is 9.25. The first-order valence-corrected chi connectivity index (χ1v) is 5.25. The quantitative estimate of drug-likeness (QED) is 0.476. The molecule has 1 aromatic rings. The molecule has 94 valence electrons. The molecule has 0 heterocycles. The fraction of sp³-hybridized carbons (Fsp3) is 0.273. The van der Waals surface area contributed by atoms with Gasteiger partial charge in [0, 0.05) is 17.8 Å². The van der Waals surface area contributed by atoms with Gasteiger partial charge >= 0.3 is 5.97 Å². The van der Waals surface area contributed by atoms with Crippen molar-refractivity contribution in [1.82, 2.24) is 0 Å². The summed E-state index contributed by atoms with van der Waals surface area (Å²) in [5.41, 5.74) is -1.29. The lowest BCUT2D eigenvalue weighted by atomic mass is 10.1. The van der Waals surface area contributed by atoms with E-state index in [9.17, 15) is 19.7 Å². The molecule has 1 aromatic carbocycles. The lowest BCUT2D eigenvalue weighted by Crippen LogP contribution is -2.31. The number of nitrogens with zero attached hydrogens (tertiary/aromatic N) is 1. The maximum absolute atomic E-state index is 11.8. The number of nitro groups is 1. The largest absolute Gasteiger partial charge is 0.480 e. The maximum atomic E-state index is 11.8. The van der Waals surface area contributed by atoms with Crippen molar-refractivity contribution in [3.05, 3.63) is 34.4 Å². The highest BCUT2D eigenvalue weighted by Crippen LogP contribution is 2.46. The van der Waals surface area contributed by atoms with Gasteiger partial charge in [0.25, 0.3) is 5.69 Å². The zero-order chi connectivity index (χ0) is 13.3. The van der Waals surface area contributed by atoms with Gasteiger partial charge in [-0.1, -0.05) is 6.07 Å². The number of carbonyl (C=O) groups is 2. The first-order chi connectivity index (χ1) is 8.45. The van der Waals surface area contributed by atoms with E-state index in [-0.39, 0.29) is 11.4 Å². The first kappa shape index (κ1) is 12.0. The second kappa shape index (κ2) is 4.10. The van der Waals surface area contributed by atoms with Crippen molar-refractivity contribution in [1.29, 1.82) is 0 Å². The molecular weight excluding hydrogens is 240 g/mol. The van der Waals surface area contributed by atoms with Gasteiger partial charge in [0.15, 0.2) is 0 Å². The van der Waals surface area contributed by atoms with Gasteiger partial charge in [-0.05, 0) is 18.9 Å². The zero-order valence-electron chi connectivity index (χ0n) is 9.25. The predicted octanol–water partition coefficient (Wildman–Crippen LogP) is 1.40. The van der Waals surface area contributed by atoms with Crippen molar-refractivity contribution in [3.8, 4) is 0 Å². The van der Waals surface area contributed by atoms with Crippen molar-refractivity contribution in [2.24, 2.45) is 5.41 Å². The fourth-order valence-electron chi connectivity index (χ4n) is 1.61. The fourth-order valence-corrected chi connectivity index (χ4v) is 1.61.